The van der Waals surface area contributed by atoms with E-state index in [1.54, 1.807) is 14.2 Å². The van der Waals surface area contributed by atoms with Crippen LogP contribution in [0.3, 0.4) is 0 Å². The van der Waals surface area contributed by atoms with Crippen LogP contribution in [0.15, 0.2) is 36.4 Å². The molecule has 32 heavy (non-hydrogen) atoms. The first-order valence-electron chi connectivity index (χ1n) is 10.2. The zero-order chi connectivity index (χ0) is 21.8. The number of hydrogen-bond donors (Lipinski definition) is 1. The number of aromatic nitrogens is 2. The highest BCUT2D eigenvalue weighted by Crippen LogP contribution is 2.32. The summed E-state index contributed by atoms with van der Waals surface area (Å²) in [6, 6.07) is 13.5. The van der Waals surface area contributed by atoms with Crippen LogP contribution < -0.4 is 15.0 Å². The van der Waals surface area contributed by atoms with Crippen molar-refractivity contribution in [2.24, 2.45) is 0 Å². The zero-order valence-corrected chi connectivity index (χ0v) is 19.5. The maximum atomic E-state index is 9.39. The summed E-state index contributed by atoms with van der Waals surface area (Å²) in [5.41, 5.74) is 1.57. The average molecular weight is 474 g/mol. The molecule has 4 rings (SSSR count). The molecule has 0 aliphatic carbocycles. The molecule has 1 aliphatic rings. The Balaban J connectivity index is 0.00000289. The molecule has 0 saturated carbocycles. The normalized spacial score (nSPS) is 14.0. The molecular formula is C23H25Cl2N5O2. The van der Waals surface area contributed by atoms with Crippen molar-refractivity contribution in [1.29, 1.82) is 5.26 Å². The Bertz CT molecular complexity index is 1130. The topological polar surface area (TPSA) is 83.3 Å². The van der Waals surface area contributed by atoms with Crippen LogP contribution in [-0.4, -0.2) is 43.6 Å². The SMILES string of the molecule is COc1ccc(CNc2nnc(N3CCC(OC)CC3)c3ccc(C#N)cc23)cc1Cl.Cl. The summed E-state index contributed by atoms with van der Waals surface area (Å²) in [5, 5.41) is 24.1. The summed E-state index contributed by atoms with van der Waals surface area (Å²) in [7, 11) is 3.35. The Morgan fingerprint density at radius 2 is 1.91 bits per heavy atom. The second kappa shape index (κ2) is 10.7. The molecule has 1 aliphatic heterocycles. The quantitative estimate of drug-likeness (QED) is 0.549. The summed E-state index contributed by atoms with van der Waals surface area (Å²) >= 11 is 6.24. The van der Waals surface area contributed by atoms with Gasteiger partial charge in [-0.3, -0.25) is 0 Å². The number of benzene rings is 2. The highest BCUT2D eigenvalue weighted by Gasteiger charge is 2.22. The lowest BCUT2D eigenvalue weighted by molar-refractivity contribution is 0.0818. The fraction of sp³-hybridized carbons (Fsp3) is 0.348. The third kappa shape index (κ3) is 4.99. The van der Waals surface area contributed by atoms with E-state index < -0.39 is 0 Å². The van der Waals surface area contributed by atoms with Crippen LogP contribution >= 0.6 is 24.0 Å². The van der Waals surface area contributed by atoms with Gasteiger partial charge in [-0.25, -0.2) is 0 Å². The predicted octanol–water partition coefficient (Wildman–Crippen LogP) is 4.81. The van der Waals surface area contributed by atoms with Gasteiger partial charge in [0.05, 0.1) is 29.9 Å². The molecule has 1 fully saturated rings. The van der Waals surface area contributed by atoms with E-state index in [-0.39, 0.29) is 18.5 Å². The number of anilines is 2. The number of rotatable bonds is 6. The maximum absolute atomic E-state index is 9.39. The summed E-state index contributed by atoms with van der Waals surface area (Å²) in [5.74, 6) is 2.11. The second-order valence-corrected chi connectivity index (χ2v) is 7.90. The molecule has 0 bridgehead atoms. The Hall–Kier alpha value is -2.79. The van der Waals surface area contributed by atoms with Crippen LogP contribution in [0.5, 0.6) is 5.75 Å². The van der Waals surface area contributed by atoms with Crippen molar-refractivity contribution in [3.05, 3.63) is 52.5 Å². The molecule has 0 unspecified atom stereocenters. The van der Waals surface area contributed by atoms with Crippen molar-refractivity contribution >= 4 is 46.4 Å². The number of halogens is 2. The molecule has 0 radical (unpaired) electrons. The molecule has 1 saturated heterocycles. The van der Waals surface area contributed by atoms with E-state index in [1.807, 2.05) is 36.4 Å². The molecular weight excluding hydrogens is 449 g/mol. The van der Waals surface area contributed by atoms with E-state index in [9.17, 15) is 5.26 Å². The number of piperidine rings is 1. The summed E-state index contributed by atoms with van der Waals surface area (Å²) < 4.78 is 10.7. The first kappa shape index (κ1) is 23.9. The van der Waals surface area contributed by atoms with Gasteiger partial charge < -0.3 is 19.7 Å². The van der Waals surface area contributed by atoms with Gasteiger partial charge in [-0.05, 0) is 48.7 Å². The van der Waals surface area contributed by atoms with Gasteiger partial charge in [-0.15, -0.1) is 22.6 Å². The van der Waals surface area contributed by atoms with Gasteiger partial charge in [-0.1, -0.05) is 17.7 Å². The number of fused-ring (bicyclic) bond motifs is 1. The molecule has 2 aromatic carbocycles. The molecule has 168 valence electrons. The van der Waals surface area contributed by atoms with Crippen molar-refractivity contribution in [2.75, 3.05) is 37.5 Å². The molecule has 7 nitrogen and oxygen atoms in total. The third-order valence-corrected chi connectivity index (χ3v) is 5.94. The third-order valence-electron chi connectivity index (χ3n) is 5.64. The molecule has 1 aromatic heterocycles. The summed E-state index contributed by atoms with van der Waals surface area (Å²) in [6.07, 6.45) is 2.19. The molecule has 0 amide bonds. The summed E-state index contributed by atoms with van der Waals surface area (Å²) in [6.45, 7) is 2.24. The highest BCUT2D eigenvalue weighted by molar-refractivity contribution is 6.32. The smallest absolute Gasteiger partial charge is 0.159 e. The molecule has 2 heterocycles. The van der Waals surface area contributed by atoms with Gasteiger partial charge in [-0.2, -0.15) is 5.26 Å². The standard InChI is InChI=1S/C23H24ClN5O2.ClH/c1-30-17-7-9-29(10-8-17)23-18-5-3-15(13-25)11-19(18)22(27-28-23)26-14-16-4-6-21(31-2)20(24)12-16;/h3-6,11-12,17H,7-10,14H2,1-2H3,(H,26,27);1H. The molecule has 3 aromatic rings. The molecule has 9 heteroatoms. The number of methoxy groups -OCH3 is 2. The van der Waals surface area contributed by atoms with Gasteiger partial charge in [0.15, 0.2) is 11.6 Å². The van der Waals surface area contributed by atoms with E-state index in [0.29, 0.717) is 28.7 Å². The number of nitriles is 1. The van der Waals surface area contributed by atoms with E-state index >= 15 is 0 Å². The number of ether oxygens (including phenoxy) is 2. The lowest BCUT2D eigenvalue weighted by Crippen LogP contribution is -2.37. The Kier molecular flexibility index (Phi) is 7.97. The van der Waals surface area contributed by atoms with Gasteiger partial charge >= 0.3 is 0 Å². The van der Waals surface area contributed by atoms with Crippen molar-refractivity contribution < 1.29 is 9.47 Å². The van der Waals surface area contributed by atoms with Crippen LogP contribution in [0.4, 0.5) is 11.6 Å². The van der Waals surface area contributed by atoms with E-state index in [4.69, 9.17) is 21.1 Å². The fourth-order valence-corrected chi connectivity index (χ4v) is 4.16. The van der Waals surface area contributed by atoms with Crippen LogP contribution in [0.25, 0.3) is 10.8 Å². The van der Waals surface area contributed by atoms with Crippen molar-refractivity contribution in [1.82, 2.24) is 10.2 Å². The zero-order valence-electron chi connectivity index (χ0n) is 18.0. The maximum Gasteiger partial charge on any atom is 0.159 e. The Morgan fingerprint density at radius 1 is 1.12 bits per heavy atom. The van der Waals surface area contributed by atoms with E-state index in [0.717, 1.165) is 48.1 Å². The highest BCUT2D eigenvalue weighted by atomic mass is 35.5. The van der Waals surface area contributed by atoms with Crippen molar-refractivity contribution in [3.8, 4) is 11.8 Å². The summed E-state index contributed by atoms with van der Waals surface area (Å²) in [4.78, 5) is 2.24. The van der Waals surface area contributed by atoms with Crippen molar-refractivity contribution in [2.45, 2.75) is 25.5 Å². The molecule has 1 N–H and O–H groups in total. The predicted molar refractivity (Wildman–Crippen MR) is 129 cm³/mol. The van der Waals surface area contributed by atoms with Gasteiger partial charge in [0.2, 0.25) is 0 Å². The van der Waals surface area contributed by atoms with E-state index in [2.05, 4.69) is 26.5 Å². The Labute approximate surface area is 198 Å². The molecule has 0 atom stereocenters. The number of nitrogens with one attached hydrogen (secondary N) is 1. The van der Waals surface area contributed by atoms with Crippen LogP contribution in [0, 0.1) is 11.3 Å². The van der Waals surface area contributed by atoms with E-state index in [1.165, 1.54) is 0 Å². The first-order chi connectivity index (χ1) is 15.1. The first-order valence-corrected chi connectivity index (χ1v) is 10.5. The minimum Gasteiger partial charge on any atom is -0.495 e. The van der Waals surface area contributed by atoms with Crippen LogP contribution in [0.1, 0.15) is 24.0 Å². The molecule has 0 spiro atoms. The minimum atomic E-state index is 0. The number of hydrogen-bond acceptors (Lipinski definition) is 7. The van der Waals surface area contributed by atoms with Gasteiger partial charge in [0.1, 0.15) is 5.75 Å². The van der Waals surface area contributed by atoms with Gasteiger partial charge in [0, 0.05) is 37.5 Å². The van der Waals surface area contributed by atoms with Gasteiger partial charge in [0.25, 0.3) is 0 Å². The van der Waals surface area contributed by atoms with Crippen molar-refractivity contribution in [3.63, 3.8) is 0 Å². The van der Waals surface area contributed by atoms with Crippen LogP contribution in [-0.2, 0) is 11.3 Å². The number of nitrogens with zero attached hydrogens (tertiary/aromatic N) is 4. The lowest BCUT2D eigenvalue weighted by Gasteiger charge is -2.32. The minimum absolute atomic E-state index is 0. The monoisotopic (exact) mass is 473 g/mol. The lowest BCUT2D eigenvalue weighted by atomic mass is 10.1. The Morgan fingerprint density at radius 3 is 2.56 bits per heavy atom. The fourth-order valence-electron chi connectivity index (χ4n) is 3.88. The largest absolute Gasteiger partial charge is 0.495 e. The average Bonchev–Trinajstić information content (AvgIpc) is 2.82. The second-order valence-electron chi connectivity index (χ2n) is 7.49. The van der Waals surface area contributed by atoms with Crippen LogP contribution in [0.2, 0.25) is 5.02 Å².